The predicted octanol–water partition coefficient (Wildman–Crippen LogP) is 0.665. The Balaban J connectivity index is 1.78. The highest BCUT2D eigenvalue weighted by Crippen LogP contribution is 2.27. The highest BCUT2D eigenvalue weighted by Gasteiger charge is 2.38. The molecule has 2 fully saturated rings. The average Bonchev–Trinajstić information content (AvgIpc) is 3.06. The second kappa shape index (κ2) is 6.22. The molecule has 2 atom stereocenters. The standard InChI is InChI=1S/C16H23N3O3S/c1-11(2)18-23(21,22)15-5-3-4-12(6-15)16(20)19-9-13-7-17-8-14(13)10-19/h3-6,11,13-14,17-18H,7-10H2,1-2H3/t13-,14+. The first-order valence-corrected chi connectivity index (χ1v) is 9.47. The Morgan fingerprint density at radius 3 is 2.52 bits per heavy atom. The molecule has 2 heterocycles. The number of hydrogen-bond donors (Lipinski definition) is 2. The molecule has 7 heteroatoms. The highest BCUT2D eigenvalue weighted by atomic mass is 32.2. The van der Waals surface area contributed by atoms with Gasteiger partial charge in [0.25, 0.3) is 5.91 Å². The molecule has 0 spiro atoms. The maximum absolute atomic E-state index is 12.7. The summed E-state index contributed by atoms with van der Waals surface area (Å²) >= 11 is 0. The Morgan fingerprint density at radius 1 is 1.26 bits per heavy atom. The number of fused-ring (bicyclic) bond motifs is 1. The third kappa shape index (κ3) is 3.41. The van der Waals surface area contributed by atoms with Crippen LogP contribution in [0.4, 0.5) is 0 Å². The van der Waals surface area contributed by atoms with Gasteiger partial charge in [0.05, 0.1) is 4.90 Å². The van der Waals surface area contributed by atoms with Gasteiger partial charge in [0, 0.05) is 37.8 Å². The lowest BCUT2D eigenvalue weighted by atomic mass is 10.0. The van der Waals surface area contributed by atoms with Crippen molar-refractivity contribution in [3.05, 3.63) is 29.8 Å². The number of sulfonamides is 1. The van der Waals surface area contributed by atoms with Crippen LogP contribution in [0.25, 0.3) is 0 Å². The van der Waals surface area contributed by atoms with E-state index in [1.165, 1.54) is 12.1 Å². The third-order valence-corrected chi connectivity index (χ3v) is 6.12. The van der Waals surface area contributed by atoms with Crippen molar-refractivity contribution in [2.75, 3.05) is 26.2 Å². The zero-order valence-corrected chi connectivity index (χ0v) is 14.3. The number of nitrogens with zero attached hydrogens (tertiary/aromatic N) is 1. The van der Waals surface area contributed by atoms with E-state index >= 15 is 0 Å². The molecule has 0 unspecified atom stereocenters. The molecule has 1 aromatic rings. The molecule has 126 valence electrons. The molecule has 0 bridgehead atoms. The van der Waals surface area contributed by atoms with E-state index in [0.29, 0.717) is 17.4 Å². The van der Waals surface area contributed by atoms with Gasteiger partial charge in [-0.2, -0.15) is 0 Å². The maximum Gasteiger partial charge on any atom is 0.253 e. The van der Waals surface area contributed by atoms with E-state index in [0.717, 1.165) is 26.2 Å². The number of rotatable bonds is 4. The topological polar surface area (TPSA) is 78.5 Å². The van der Waals surface area contributed by atoms with Crippen molar-refractivity contribution in [2.45, 2.75) is 24.8 Å². The van der Waals surface area contributed by atoms with E-state index in [2.05, 4.69) is 10.0 Å². The fourth-order valence-electron chi connectivity index (χ4n) is 3.38. The fourth-order valence-corrected chi connectivity index (χ4v) is 4.67. The van der Waals surface area contributed by atoms with E-state index < -0.39 is 10.0 Å². The normalized spacial score (nSPS) is 24.2. The molecule has 0 radical (unpaired) electrons. The van der Waals surface area contributed by atoms with Crippen molar-refractivity contribution >= 4 is 15.9 Å². The zero-order valence-electron chi connectivity index (χ0n) is 13.5. The van der Waals surface area contributed by atoms with Gasteiger partial charge in [-0.1, -0.05) is 6.07 Å². The van der Waals surface area contributed by atoms with Crippen LogP contribution in [0.2, 0.25) is 0 Å². The molecular formula is C16H23N3O3S. The van der Waals surface area contributed by atoms with Crippen molar-refractivity contribution in [1.29, 1.82) is 0 Å². The Kier molecular flexibility index (Phi) is 4.44. The third-order valence-electron chi connectivity index (χ3n) is 4.46. The largest absolute Gasteiger partial charge is 0.338 e. The van der Waals surface area contributed by atoms with E-state index in [9.17, 15) is 13.2 Å². The molecule has 2 N–H and O–H groups in total. The van der Waals surface area contributed by atoms with Crippen LogP contribution in [0.5, 0.6) is 0 Å². The molecule has 0 aromatic heterocycles. The van der Waals surface area contributed by atoms with Crippen LogP contribution in [0.1, 0.15) is 24.2 Å². The Morgan fingerprint density at radius 2 is 1.91 bits per heavy atom. The van der Waals surface area contributed by atoms with E-state index in [1.54, 1.807) is 26.0 Å². The Bertz CT molecular complexity index is 690. The molecule has 3 rings (SSSR count). The van der Waals surface area contributed by atoms with Crippen LogP contribution >= 0.6 is 0 Å². The lowest BCUT2D eigenvalue weighted by Gasteiger charge is -2.18. The maximum atomic E-state index is 12.7. The highest BCUT2D eigenvalue weighted by molar-refractivity contribution is 7.89. The Labute approximate surface area is 137 Å². The van der Waals surface area contributed by atoms with Crippen LogP contribution in [-0.2, 0) is 10.0 Å². The second-order valence-corrected chi connectivity index (χ2v) is 8.41. The summed E-state index contributed by atoms with van der Waals surface area (Å²) in [6.07, 6.45) is 0. The van der Waals surface area contributed by atoms with Crippen LogP contribution in [0, 0.1) is 11.8 Å². The lowest BCUT2D eigenvalue weighted by molar-refractivity contribution is 0.0781. The number of carbonyl (C=O) groups is 1. The van der Waals surface area contributed by atoms with Crippen molar-refractivity contribution in [1.82, 2.24) is 14.9 Å². The smallest absolute Gasteiger partial charge is 0.253 e. The van der Waals surface area contributed by atoms with E-state index in [4.69, 9.17) is 0 Å². The van der Waals surface area contributed by atoms with Gasteiger partial charge in [0.2, 0.25) is 10.0 Å². The molecule has 1 amide bonds. The fraction of sp³-hybridized carbons (Fsp3) is 0.562. The van der Waals surface area contributed by atoms with Gasteiger partial charge in [-0.25, -0.2) is 13.1 Å². The predicted molar refractivity (Wildman–Crippen MR) is 87.7 cm³/mol. The number of benzene rings is 1. The summed E-state index contributed by atoms with van der Waals surface area (Å²) in [5.41, 5.74) is 0.435. The van der Waals surface area contributed by atoms with Gasteiger partial charge in [0.15, 0.2) is 0 Å². The van der Waals surface area contributed by atoms with Gasteiger partial charge in [-0.05, 0) is 43.9 Å². The summed E-state index contributed by atoms with van der Waals surface area (Å²) < 4.78 is 27.1. The summed E-state index contributed by atoms with van der Waals surface area (Å²) in [6.45, 7) is 6.95. The van der Waals surface area contributed by atoms with E-state index in [-0.39, 0.29) is 16.8 Å². The molecule has 0 aliphatic carbocycles. The van der Waals surface area contributed by atoms with Gasteiger partial charge in [-0.15, -0.1) is 0 Å². The number of amides is 1. The minimum Gasteiger partial charge on any atom is -0.338 e. The van der Waals surface area contributed by atoms with Gasteiger partial charge in [-0.3, -0.25) is 4.79 Å². The first-order valence-electron chi connectivity index (χ1n) is 7.99. The van der Waals surface area contributed by atoms with E-state index in [1.807, 2.05) is 4.90 Å². The molecule has 1 aromatic carbocycles. The van der Waals surface area contributed by atoms with Crippen LogP contribution in [0.3, 0.4) is 0 Å². The molecule has 2 saturated heterocycles. The SMILES string of the molecule is CC(C)NS(=O)(=O)c1cccc(C(=O)N2C[C@H]3CNC[C@H]3C2)c1. The molecule has 2 aliphatic rings. The number of nitrogens with one attached hydrogen (secondary N) is 2. The zero-order chi connectivity index (χ0) is 16.6. The van der Waals surface area contributed by atoms with Crippen LogP contribution in [0.15, 0.2) is 29.2 Å². The number of hydrogen-bond acceptors (Lipinski definition) is 4. The molecule has 23 heavy (non-hydrogen) atoms. The minimum atomic E-state index is -3.58. The van der Waals surface area contributed by atoms with Crippen molar-refractivity contribution in [2.24, 2.45) is 11.8 Å². The lowest BCUT2D eigenvalue weighted by Crippen LogP contribution is -2.32. The molecule has 0 saturated carbocycles. The first kappa shape index (κ1) is 16.4. The summed E-state index contributed by atoms with van der Waals surface area (Å²) in [5.74, 6) is 0.961. The summed E-state index contributed by atoms with van der Waals surface area (Å²) in [6, 6.07) is 6.11. The average molecular weight is 337 g/mol. The molecular weight excluding hydrogens is 314 g/mol. The number of likely N-dealkylation sites (tertiary alicyclic amines) is 1. The molecule has 2 aliphatic heterocycles. The minimum absolute atomic E-state index is 0.0824. The van der Waals surface area contributed by atoms with Gasteiger partial charge >= 0.3 is 0 Å². The number of carbonyl (C=O) groups excluding carboxylic acids is 1. The first-order chi connectivity index (χ1) is 10.9. The monoisotopic (exact) mass is 337 g/mol. The van der Waals surface area contributed by atoms with Crippen LogP contribution in [-0.4, -0.2) is 51.4 Å². The van der Waals surface area contributed by atoms with Crippen molar-refractivity contribution < 1.29 is 13.2 Å². The second-order valence-electron chi connectivity index (χ2n) is 6.69. The summed E-state index contributed by atoms with van der Waals surface area (Å²) in [4.78, 5) is 14.7. The molecule has 6 nitrogen and oxygen atoms in total. The summed E-state index contributed by atoms with van der Waals surface area (Å²) in [7, 11) is -3.58. The van der Waals surface area contributed by atoms with Crippen LogP contribution < -0.4 is 10.0 Å². The van der Waals surface area contributed by atoms with Gasteiger partial charge in [0.1, 0.15) is 0 Å². The Hall–Kier alpha value is -1.44. The van der Waals surface area contributed by atoms with Crippen molar-refractivity contribution in [3.63, 3.8) is 0 Å². The van der Waals surface area contributed by atoms with Crippen molar-refractivity contribution in [3.8, 4) is 0 Å². The summed E-state index contributed by atoms with van der Waals surface area (Å²) in [5, 5.41) is 3.35. The van der Waals surface area contributed by atoms with Gasteiger partial charge < -0.3 is 10.2 Å². The quantitative estimate of drug-likeness (QED) is 0.846.